The van der Waals surface area contributed by atoms with Gasteiger partial charge in [0.1, 0.15) is 11.3 Å². The van der Waals surface area contributed by atoms with E-state index in [0.29, 0.717) is 17.0 Å². The van der Waals surface area contributed by atoms with Crippen LogP contribution in [0.2, 0.25) is 0 Å². The average Bonchev–Trinajstić information content (AvgIpc) is 2.53. The molecule has 0 aliphatic heterocycles. The van der Waals surface area contributed by atoms with E-state index >= 15 is 0 Å². The molecule has 110 valence electrons. The number of hydrogen-bond donors (Lipinski definition) is 1. The second-order valence-electron chi connectivity index (χ2n) is 4.93. The number of hydrogen-bond acceptors (Lipinski definition) is 4. The van der Waals surface area contributed by atoms with Gasteiger partial charge >= 0.3 is 0 Å². The van der Waals surface area contributed by atoms with E-state index in [2.05, 4.69) is 9.97 Å². The number of benzene rings is 1. The summed E-state index contributed by atoms with van der Waals surface area (Å²) < 4.78 is 5.38. The van der Waals surface area contributed by atoms with Gasteiger partial charge in [0.15, 0.2) is 0 Å². The summed E-state index contributed by atoms with van der Waals surface area (Å²) in [5.41, 5.74) is 8.82. The van der Waals surface area contributed by atoms with Gasteiger partial charge in [0, 0.05) is 22.8 Å². The number of ether oxygens (including phenoxy) is 1. The van der Waals surface area contributed by atoms with Crippen LogP contribution in [0.25, 0.3) is 22.2 Å². The molecular weight excluding hydrogens is 278 g/mol. The third kappa shape index (κ3) is 2.26. The Labute approximate surface area is 127 Å². The average molecular weight is 293 g/mol. The summed E-state index contributed by atoms with van der Waals surface area (Å²) in [4.78, 5) is 20.5. The number of rotatable bonds is 3. The van der Waals surface area contributed by atoms with Gasteiger partial charge in [-0.25, -0.2) is 4.98 Å². The van der Waals surface area contributed by atoms with Gasteiger partial charge in [0.05, 0.1) is 18.4 Å². The summed E-state index contributed by atoms with van der Waals surface area (Å²) in [6.45, 7) is 1.92. The number of carbonyl (C=O) groups is 1. The second-order valence-corrected chi connectivity index (χ2v) is 4.93. The zero-order valence-corrected chi connectivity index (χ0v) is 12.3. The number of nitrogens with zero attached hydrogens (tertiary/aromatic N) is 2. The molecule has 5 nitrogen and oxygen atoms in total. The number of aryl methyl sites for hydroxylation is 1. The van der Waals surface area contributed by atoms with Gasteiger partial charge in [-0.15, -0.1) is 0 Å². The van der Waals surface area contributed by atoms with E-state index in [0.717, 1.165) is 22.2 Å². The van der Waals surface area contributed by atoms with E-state index in [1.807, 2.05) is 31.2 Å². The van der Waals surface area contributed by atoms with Crippen molar-refractivity contribution in [3.05, 3.63) is 53.9 Å². The van der Waals surface area contributed by atoms with Crippen LogP contribution in [0.4, 0.5) is 0 Å². The molecule has 0 radical (unpaired) electrons. The zero-order valence-electron chi connectivity index (χ0n) is 12.3. The minimum Gasteiger partial charge on any atom is -0.494 e. The van der Waals surface area contributed by atoms with Gasteiger partial charge in [0.25, 0.3) is 5.91 Å². The molecule has 2 heterocycles. The predicted octanol–water partition coefficient (Wildman–Crippen LogP) is 2.71. The first-order chi connectivity index (χ1) is 10.6. The molecule has 0 unspecified atom stereocenters. The number of pyridine rings is 2. The highest BCUT2D eigenvalue weighted by Crippen LogP contribution is 2.33. The number of methoxy groups -OCH3 is 1. The molecule has 0 bridgehead atoms. The normalized spacial score (nSPS) is 10.6. The number of fused-ring (bicyclic) bond motifs is 1. The van der Waals surface area contributed by atoms with E-state index in [-0.39, 0.29) is 0 Å². The molecule has 2 N–H and O–H groups in total. The Hall–Kier alpha value is -2.95. The Bertz CT molecular complexity index is 875. The van der Waals surface area contributed by atoms with E-state index in [4.69, 9.17) is 10.5 Å². The summed E-state index contributed by atoms with van der Waals surface area (Å²) in [6.07, 6.45) is 1.64. The van der Waals surface area contributed by atoms with Crippen LogP contribution in [0.15, 0.2) is 42.6 Å². The molecule has 3 rings (SSSR count). The minimum atomic E-state index is -0.507. The Morgan fingerprint density at radius 2 is 2.00 bits per heavy atom. The van der Waals surface area contributed by atoms with E-state index in [1.54, 1.807) is 25.4 Å². The van der Waals surface area contributed by atoms with Crippen LogP contribution in [0.1, 0.15) is 16.1 Å². The molecule has 0 atom stereocenters. The standard InChI is InChI=1S/C17H15N3O2/c1-10-5-6-12-11(7-8-14(22-2)16(12)20-10)15-13(17(18)21)4-3-9-19-15/h3-9H,1-2H3,(H2,18,21). The summed E-state index contributed by atoms with van der Waals surface area (Å²) in [6, 6.07) is 10.9. The van der Waals surface area contributed by atoms with Crippen molar-refractivity contribution in [2.75, 3.05) is 7.11 Å². The molecule has 22 heavy (non-hydrogen) atoms. The summed E-state index contributed by atoms with van der Waals surface area (Å²) in [5, 5.41) is 0.867. The van der Waals surface area contributed by atoms with Crippen molar-refractivity contribution in [3.63, 3.8) is 0 Å². The monoisotopic (exact) mass is 293 g/mol. The highest BCUT2D eigenvalue weighted by molar-refractivity contribution is 6.04. The highest BCUT2D eigenvalue weighted by Gasteiger charge is 2.15. The van der Waals surface area contributed by atoms with Crippen molar-refractivity contribution in [2.45, 2.75) is 6.92 Å². The van der Waals surface area contributed by atoms with Crippen LogP contribution in [-0.4, -0.2) is 23.0 Å². The largest absolute Gasteiger partial charge is 0.494 e. The molecule has 0 saturated carbocycles. The number of nitrogens with two attached hydrogens (primary N) is 1. The van der Waals surface area contributed by atoms with Crippen molar-refractivity contribution in [1.29, 1.82) is 0 Å². The van der Waals surface area contributed by atoms with E-state index in [9.17, 15) is 4.79 Å². The van der Waals surface area contributed by atoms with Crippen molar-refractivity contribution in [1.82, 2.24) is 9.97 Å². The predicted molar refractivity (Wildman–Crippen MR) is 84.8 cm³/mol. The van der Waals surface area contributed by atoms with Crippen LogP contribution < -0.4 is 10.5 Å². The lowest BCUT2D eigenvalue weighted by molar-refractivity contribution is 0.100. The van der Waals surface area contributed by atoms with Crippen LogP contribution >= 0.6 is 0 Å². The summed E-state index contributed by atoms with van der Waals surface area (Å²) in [7, 11) is 1.61. The molecule has 0 spiro atoms. The van der Waals surface area contributed by atoms with E-state index < -0.39 is 5.91 Å². The highest BCUT2D eigenvalue weighted by atomic mass is 16.5. The minimum absolute atomic E-state index is 0.384. The third-order valence-corrected chi connectivity index (χ3v) is 3.51. The molecule has 1 amide bonds. The molecule has 5 heteroatoms. The molecular formula is C17H15N3O2. The van der Waals surface area contributed by atoms with Crippen LogP contribution in [0.3, 0.4) is 0 Å². The molecule has 2 aromatic heterocycles. The quantitative estimate of drug-likeness (QED) is 0.805. The lowest BCUT2D eigenvalue weighted by Gasteiger charge is -2.12. The first-order valence-corrected chi connectivity index (χ1v) is 6.81. The Kier molecular flexibility index (Phi) is 3.47. The van der Waals surface area contributed by atoms with Gasteiger partial charge < -0.3 is 10.5 Å². The van der Waals surface area contributed by atoms with Crippen molar-refractivity contribution in [3.8, 4) is 17.0 Å². The fourth-order valence-corrected chi connectivity index (χ4v) is 2.48. The maximum atomic E-state index is 11.7. The van der Waals surface area contributed by atoms with Crippen LogP contribution in [0.5, 0.6) is 5.75 Å². The fourth-order valence-electron chi connectivity index (χ4n) is 2.48. The second kappa shape index (κ2) is 5.44. The number of carbonyl (C=O) groups excluding carboxylic acids is 1. The Morgan fingerprint density at radius 3 is 2.73 bits per heavy atom. The van der Waals surface area contributed by atoms with Gasteiger partial charge in [-0.05, 0) is 37.3 Å². The molecule has 0 saturated heterocycles. The Balaban J connectivity index is 2.36. The molecule has 0 fully saturated rings. The maximum absolute atomic E-state index is 11.7. The van der Waals surface area contributed by atoms with Crippen molar-refractivity contribution >= 4 is 16.8 Å². The lowest BCUT2D eigenvalue weighted by Crippen LogP contribution is -2.13. The van der Waals surface area contributed by atoms with Crippen molar-refractivity contribution in [2.24, 2.45) is 5.73 Å². The van der Waals surface area contributed by atoms with Gasteiger partial charge in [-0.3, -0.25) is 9.78 Å². The lowest BCUT2D eigenvalue weighted by atomic mass is 10.00. The number of aromatic nitrogens is 2. The van der Waals surface area contributed by atoms with Gasteiger partial charge in [-0.1, -0.05) is 6.07 Å². The fraction of sp³-hybridized carbons (Fsp3) is 0.118. The number of amides is 1. The van der Waals surface area contributed by atoms with Crippen molar-refractivity contribution < 1.29 is 9.53 Å². The smallest absolute Gasteiger partial charge is 0.250 e. The van der Waals surface area contributed by atoms with Crippen LogP contribution in [0, 0.1) is 6.92 Å². The first-order valence-electron chi connectivity index (χ1n) is 6.81. The molecule has 0 aliphatic carbocycles. The molecule has 1 aromatic carbocycles. The maximum Gasteiger partial charge on any atom is 0.250 e. The van der Waals surface area contributed by atoms with E-state index in [1.165, 1.54) is 0 Å². The van der Waals surface area contributed by atoms with Crippen LogP contribution in [-0.2, 0) is 0 Å². The summed E-state index contributed by atoms with van der Waals surface area (Å²) in [5.74, 6) is 0.172. The zero-order chi connectivity index (χ0) is 15.7. The third-order valence-electron chi connectivity index (χ3n) is 3.51. The molecule has 0 aliphatic rings. The summed E-state index contributed by atoms with van der Waals surface area (Å²) >= 11 is 0. The number of primary amides is 1. The first kappa shape index (κ1) is 14.0. The van der Waals surface area contributed by atoms with Gasteiger partial charge in [-0.2, -0.15) is 0 Å². The topological polar surface area (TPSA) is 78.1 Å². The molecule has 3 aromatic rings. The van der Waals surface area contributed by atoms with Gasteiger partial charge in [0.2, 0.25) is 0 Å². The Morgan fingerprint density at radius 1 is 1.18 bits per heavy atom. The SMILES string of the molecule is COc1ccc(-c2ncccc2C(N)=O)c2ccc(C)nc12.